The van der Waals surface area contributed by atoms with Crippen molar-refractivity contribution in [1.82, 2.24) is 0 Å². The quantitative estimate of drug-likeness (QED) is 0.432. The standard InChI is InChI=1S/C27H39FO/c1-3-5-6-19-7-8-21-15-22(10-9-20(21)14-19)23-11-12-24-18-27(29-13-4-2)26(28)17-25(24)16-23/h4,17-23H,2-3,5-16H2,1H3. The van der Waals surface area contributed by atoms with Crippen LogP contribution in [0, 0.1) is 35.4 Å². The van der Waals surface area contributed by atoms with Crippen molar-refractivity contribution in [3.05, 3.63) is 41.7 Å². The van der Waals surface area contributed by atoms with Crippen LogP contribution in [-0.4, -0.2) is 6.61 Å². The van der Waals surface area contributed by atoms with Crippen LogP contribution in [0.25, 0.3) is 0 Å². The van der Waals surface area contributed by atoms with Gasteiger partial charge in [-0.3, -0.25) is 0 Å². The van der Waals surface area contributed by atoms with Gasteiger partial charge in [0.2, 0.25) is 0 Å². The lowest BCUT2D eigenvalue weighted by molar-refractivity contribution is 0.0691. The Bertz CT molecular complexity index is 696. The Balaban J connectivity index is 1.35. The summed E-state index contributed by atoms with van der Waals surface area (Å²) in [6.07, 6.45) is 18.0. The topological polar surface area (TPSA) is 9.23 Å². The van der Waals surface area contributed by atoms with Crippen molar-refractivity contribution in [2.24, 2.45) is 29.6 Å². The molecule has 4 rings (SSSR count). The predicted octanol–water partition coefficient (Wildman–Crippen LogP) is 7.52. The molecule has 5 unspecified atom stereocenters. The molecule has 2 fully saturated rings. The van der Waals surface area contributed by atoms with E-state index in [9.17, 15) is 4.39 Å². The second kappa shape index (κ2) is 9.67. The lowest BCUT2D eigenvalue weighted by Gasteiger charge is -2.45. The summed E-state index contributed by atoms with van der Waals surface area (Å²) >= 11 is 0. The van der Waals surface area contributed by atoms with E-state index in [1.807, 2.05) is 6.07 Å². The Labute approximate surface area is 177 Å². The number of fused-ring (bicyclic) bond motifs is 2. The first-order valence-electron chi connectivity index (χ1n) is 12.2. The summed E-state index contributed by atoms with van der Waals surface area (Å²) in [5, 5.41) is 0. The largest absolute Gasteiger partial charge is 0.486 e. The molecule has 2 saturated carbocycles. The molecular formula is C27H39FO. The number of rotatable bonds is 7. The fourth-order valence-corrected chi connectivity index (χ4v) is 6.65. The van der Waals surface area contributed by atoms with Gasteiger partial charge in [0.05, 0.1) is 0 Å². The van der Waals surface area contributed by atoms with Crippen LogP contribution in [0.3, 0.4) is 0 Å². The Morgan fingerprint density at radius 1 is 1.00 bits per heavy atom. The molecule has 1 aromatic carbocycles. The lowest BCUT2D eigenvalue weighted by Crippen LogP contribution is -2.35. The Morgan fingerprint density at radius 3 is 2.55 bits per heavy atom. The molecule has 0 heterocycles. The van der Waals surface area contributed by atoms with E-state index in [1.165, 1.54) is 75.3 Å². The molecule has 160 valence electrons. The molecule has 0 saturated heterocycles. The van der Waals surface area contributed by atoms with Crippen molar-refractivity contribution >= 4 is 0 Å². The first-order valence-corrected chi connectivity index (χ1v) is 12.2. The van der Waals surface area contributed by atoms with Gasteiger partial charge in [-0.25, -0.2) is 4.39 Å². The molecule has 0 bridgehead atoms. The molecule has 5 atom stereocenters. The minimum absolute atomic E-state index is 0.208. The Kier molecular flexibility index (Phi) is 6.98. The molecule has 3 aliphatic rings. The van der Waals surface area contributed by atoms with Crippen molar-refractivity contribution in [3.8, 4) is 5.75 Å². The number of benzene rings is 1. The van der Waals surface area contributed by atoms with Gasteiger partial charge in [0.15, 0.2) is 11.6 Å². The molecule has 1 nitrogen and oxygen atoms in total. The van der Waals surface area contributed by atoms with Gasteiger partial charge in [0, 0.05) is 0 Å². The summed E-state index contributed by atoms with van der Waals surface area (Å²) in [4.78, 5) is 0. The fourth-order valence-electron chi connectivity index (χ4n) is 6.65. The number of halogens is 1. The van der Waals surface area contributed by atoms with E-state index in [1.54, 1.807) is 12.1 Å². The summed E-state index contributed by atoms with van der Waals surface area (Å²) in [6.45, 7) is 6.34. The average Bonchev–Trinajstić information content (AvgIpc) is 2.75. The molecule has 2 heteroatoms. The molecule has 0 aromatic heterocycles. The number of hydrogen-bond donors (Lipinski definition) is 0. The zero-order chi connectivity index (χ0) is 20.2. The Hall–Kier alpha value is -1.31. The highest BCUT2D eigenvalue weighted by atomic mass is 19.1. The monoisotopic (exact) mass is 398 g/mol. The van der Waals surface area contributed by atoms with Crippen molar-refractivity contribution < 1.29 is 9.13 Å². The maximum atomic E-state index is 14.5. The first-order chi connectivity index (χ1) is 14.2. The summed E-state index contributed by atoms with van der Waals surface area (Å²) in [5.41, 5.74) is 2.53. The molecule has 0 aliphatic heterocycles. The van der Waals surface area contributed by atoms with Crippen molar-refractivity contribution in [3.63, 3.8) is 0 Å². The Morgan fingerprint density at radius 2 is 1.76 bits per heavy atom. The number of ether oxygens (including phenoxy) is 1. The fraction of sp³-hybridized carbons (Fsp3) is 0.704. The molecule has 0 N–H and O–H groups in total. The van der Waals surface area contributed by atoms with Crippen LogP contribution in [-0.2, 0) is 12.8 Å². The molecule has 0 spiro atoms. The van der Waals surface area contributed by atoms with E-state index in [0.29, 0.717) is 12.4 Å². The van der Waals surface area contributed by atoms with Gasteiger partial charge in [-0.1, -0.05) is 45.3 Å². The average molecular weight is 399 g/mol. The SMILES string of the molecule is C=CCOc1cc2c(cc1F)CC(C1CCC3CC(CCCC)CCC3C1)CC2. The van der Waals surface area contributed by atoms with Gasteiger partial charge in [0.25, 0.3) is 0 Å². The first kappa shape index (κ1) is 20.9. The maximum absolute atomic E-state index is 14.5. The number of aryl methyl sites for hydroxylation is 1. The van der Waals surface area contributed by atoms with Gasteiger partial charge >= 0.3 is 0 Å². The minimum Gasteiger partial charge on any atom is -0.486 e. The lowest BCUT2D eigenvalue weighted by atomic mass is 9.61. The molecular weight excluding hydrogens is 359 g/mol. The van der Waals surface area contributed by atoms with E-state index < -0.39 is 0 Å². The zero-order valence-electron chi connectivity index (χ0n) is 18.3. The highest BCUT2D eigenvalue weighted by Crippen LogP contribution is 2.49. The van der Waals surface area contributed by atoms with Crippen LogP contribution >= 0.6 is 0 Å². The number of hydrogen-bond acceptors (Lipinski definition) is 1. The zero-order valence-corrected chi connectivity index (χ0v) is 18.3. The third-order valence-electron chi connectivity index (χ3n) is 8.27. The molecule has 0 amide bonds. The second-order valence-electron chi connectivity index (χ2n) is 10.1. The third-order valence-corrected chi connectivity index (χ3v) is 8.27. The second-order valence-corrected chi connectivity index (χ2v) is 10.1. The summed E-state index contributed by atoms with van der Waals surface area (Å²) in [6, 6.07) is 3.70. The van der Waals surface area contributed by atoms with E-state index in [4.69, 9.17) is 4.74 Å². The summed E-state index contributed by atoms with van der Waals surface area (Å²) in [5.74, 6) is 4.77. The smallest absolute Gasteiger partial charge is 0.165 e. The van der Waals surface area contributed by atoms with Gasteiger partial charge in [-0.2, -0.15) is 0 Å². The molecule has 3 aliphatic carbocycles. The van der Waals surface area contributed by atoms with Crippen LogP contribution in [0.15, 0.2) is 24.8 Å². The van der Waals surface area contributed by atoms with Crippen LogP contribution in [0.4, 0.5) is 4.39 Å². The summed E-state index contributed by atoms with van der Waals surface area (Å²) in [7, 11) is 0. The van der Waals surface area contributed by atoms with Crippen LogP contribution in [0.1, 0.15) is 82.3 Å². The predicted molar refractivity (Wildman–Crippen MR) is 119 cm³/mol. The third kappa shape index (κ3) is 4.89. The molecule has 0 radical (unpaired) electrons. The van der Waals surface area contributed by atoms with Crippen LogP contribution in [0.2, 0.25) is 0 Å². The van der Waals surface area contributed by atoms with Crippen molar-refractivity contribution in [1.29, 1.82) is 0 Å². The van der Waals surface area contributed by atoms with E-state index in [-0.39, 0.29) is 5.82 Å². The van der Waals surface area contributed by atoms with E-state index >= 15 is 0 Å². The van der Waals surface area contributed by atoms with Crippen LogP contribution in [0.5, 0.6) is 5.75 Å². The highest BCUT2D eigenvalue weighted by Gasteiger charge is 2.38. The maximum Gasteiger partial charge on any atom is 0.165 e. The van der Waals surface area contributed by atoms with Gasteiger partial charge in [0.1, 0.15) is 6.61 Å². The van der Waals surface area contributed by atoms with Gasteiger partial charge in [-0.15, -0.1) is 0 Å². The molecule has 29 heavy (non-hydrogen) atoms. The van der Waals surface area contributed by atoms with Gasteiger partial charge in [-0.05, 0) is 104 Å². The normalized spacial score (nSPS) is 31.6. The molecule has 1 aromatic rings. The highest BCUT2D eigenvalue weighted by molar-refractivity contribution is 5.39. The van der Waals surface area contributed by atoms with E-state index in [0.717, 1.165) is 42.4 Å². The van der Waals surface area contributed by atoms with Crippen molar-refractivity contribution in [2.75, 3.05) is 6.61 Å². The van der Waals surface area contributed by atoms with Crippen LogP contribution < -0.4 is 4.74 Å². The minimum atomic E-state index is -0.208. The number of unbranched alkanes of at least 4 members (excludes halogenated alkanes) is 1. The van der Waals surface area contributed by atoms with E-state index in [2.05, 4.69) is 13.5 Å². The van der Waals surface area contributed by atoms with Crippen molar-refractivity contribution in [2.45, 2.75) is 84.0 Å². The van der Waals surface area contributed by atoms with Gasteiger partial charge < -0.3 is 4.74 Å². The summed E-state index contributed by atoms with van der Waals surface area (Å²) < 4.78 is 20.0.